The van der Waals surface area contributed by atoms with Crippen LogP contribution in [-0.4, -0.2) is 5.91 Å². The van der Waals surface area contributed by atoms with Gasteiger partial charge in [-0.3, -0.25) is 4.79 Å². The van der Waals surface area contributed by atoms with Gasteiger partial charge in [-0.15, -0.1) is 0 Å². The van der Waals surface area contributed by atoms with E-state index in [-0.39, 0.29) is 5.91 Å². The van der Waals surface area contributed by atoms with Gasteiger partial charge in [0, 0.05) is 17.2 Å². The number of allylic oxidation sites excluding steroid dienone is 6. The molecule has 0 heterocycles. The lowest BCUT2D eigenvalue weighted by Gasteiger charge is -2.18. The molecule has 19 heavy (non-hydrogen) atoms. The van der Waals surface area contributed by atoms with E-state index in [0.29, 0.717) is 5.92 Å². The summed E-state index contributed by atoms with van der Waals surface area (Å²) >= 11 is 0. The van der Waals surface area contributed by atoms with Crippen molar-refractivity contribution in [2.45, 2.75) is 32.6 Å². The summed E-state index contributed by atoms with van der Waals surface area (Å²) in [4.78, 5) is 12.0. The van der Waals surface area contributed by atoms with Gasteiger partial charge in [-0.05, 0) is 31.8 Å². The van der Waals surface area contributed by atoms with Gasteiger partial charge in [-0.25, -0.2) is 0 Å². The minimum Gasteiger partial charge on any atom is -0.322 e. The van der Waals surface area contributed by atoms with Crippen LogP contribution in [0.4, 0.5) is 0 Å². The number of carbonyl (C=O) groups excluding carboxylic acids is 1. The van der Waals surface area contributed by atoms with Crippen LogP contribution in [0.25, 0.3) is 0 Å². The van der Waals surface area contributed by atoms with Crippen molar-refractivity contribution in [2.24, 2.45) is 5.92 Å². The van der Waals surface area contributed by atoms with E-state index in [4.69, 9.17) is 0 Å². The smallest absolute Gasteiger partial charge is 0.255 e. The molecule has 2 aliphatic carbocycles. The van der Waals surface area contributed by atoms with Crippen LogP contribution in [-0.2, 0) is 4.79 Å². The van der Waals surface area contributed by atoms with Crippen LogP contribution in [0.2, 0.25) is 0 Å². The lowest BCUT2D eigenvalue weighted by molar-refractivity contribution is -0.116. The van der Waals surface area contributed by atoms with Crippen molar-refractivity contribution < 1.29 is 4.79 Å². The van der Waals surface area contributed by atoms with E-state index in [0.717, 1.165) is 37.0 Å². The number of rotatable bonds is 4. The topological polar surface area (TPSA) is 29.1 Å². The van der Waals surface area contributed by atoms with Crippen molar-refractivity contribution in [3.05, 3.63) is 59.9 Å². The summed E-state index contributed by atoms with van der Waals surface area (Å²) in [7, 11) is 0. The van der Waals surface area contributed by atoms with Gasteiger partial charge in [0.05, 0.1) is 0 Å². The van der Waals surface area contributed by atoms with Crippen LogP contribution in [0.3, 0.4) is 0 Å². The third kappa shape index (κ3) is 3.57. The number of nitrogens with one attached hydrogen (secondary N) is 1. The zero-order chi connectivity index (χ0) is 13.7. The summed E-state index contributed by atoms with van der Waals surface area (Å²) in [6.45, 7) is 6.19. The van der Waals surface area contributed by atoms with Crippen molar-refractivity contribution in [1.29, 1.82) is 0 Å². The molecule has 0 aromatic rings. The molecular formula is C17H21NO. The predicted octanol–water partition coefficient (Wildman–Crippen LogP) is 3.81. The second-order valence-corrected chi connectivity index (χ2v) is 4.97. The van der Waals surface area contributed by atoms with Crippen LogP contribution in [0.5, 0.6) is 0 Å². The Morgan fingerprint density at radius 2 is 2.21 bits per heavy atom. The molecule has 0 aliphatic heterocycles. The first-order valence-corrected chi connectivity index (χ1v) is 6.94. The average molecular weight is 255 g/mol. The minimum absolute atomic E-state index is 0.0142. The molecular weight excluding hydrogens is 234 g/mol. The molecule has 2 aliphatic rings. The Balaban J connectivity index is 1.92. The number of carbonyl (C=O) groups is 1. The highest BCUT2D eigenvalue weighted by Crippen LogP contribution is 2.23. The molecule has 2 nitrogen and oxygen atoms in total. The molecule has 100 valence electrons. The van der Waals surface area contributed by atoms with Crippen LogP contribution in [0.15, 0.2) is 59.9 Å². The van der Waals surface area contributed by atoms with Gasteiger partial charge in [0.1, 0.15) is 0 Å². The van der Waals surface area contributed by atoms with Gasteiger partial charge in [-0.1, -0.05) is 49.5 Å². The van der Waals surface area contributed by atoms with E-state index >= 15 is 0 Å². The predicted molar refractivity (Wildman–Crippen MR) is 79.4 cm³/mol. The fraction of sp³-hybridized carbons (Fsp3) is 0.353. The fourth-order valence-electron chi connectivity index (χ4n) is 2.26. The number of hydrogen-bond donors (Lipinski definition) is 1. The van der Waals surface area contributed by atoms with Gasteiger partial charge < -0.3 is 5.32 Å². The first-order valence-electron chi connectivity index (χ1n) is 6.94. The normalized spacial score (nSPS) is 21.6. The third-order valence-corrected chi connectivity index (χ3v) is 3.59. The first kappa shape index (κ1) is 13.6. The highest BCUT2D eigenvalue weighted by atomic mass is 16.1. The fourth-order valence-corrected chi connectivity index (χ4v) is 2.26. The SMILES string of the molecule is C=C(CC)C1C=CC(NC(=O)C2=CCCC=C2)=CC1. The molecule has 2 heteroatoms. The monoisotopic (exact) mass is 255 g/mol. The lowest BCUT2D eigenvalue weighted by atomic mass is 9.91. The molecule has 1 atom stereocenters. The second kappa shape index (κ2) is 6.37. The summed E-state index contributed by atoms with van der Waals surface area (Å²) in [5, 5.41) is 2.95. The summed E-state index contributed by atoms with van der Waals surface area (Å²) < 4.78 is 0. The average Bonchev–Trinajstić information content (AvgIpc) is 2.48. The zero-order valence-corrected chi connectivity index (χ0v) is 11.5. The van der Waals surface area contributed by atoms with Gasteiger partial charge in [0.25, 0.3) is 5.91 Å². The van der Waals surface area contributed by atoms with Crippen LogP contribution in [0, 0.1) is 5.92 Å². The van der Waals surface area contributed by atoms with E-state index < -0.39 is 0 Å². The van der Waals surface area contributed by atoms with Crippen molar-refractivity contribution in [3.8, 4) is 0 Å². The molecule has 1 unspecified atom stereocenters. The van der Waals surface area contributed by atoms with Crippen LogP contribution < -0.4 is 5.32 Å². The van der Waals surface area contributed by atoms with Gasteiger partial charge >= 0.3 is 0 Å². The van der Waals surface area contributed by atoms with E-state index in [9.17, 15) is 4.79 Å². The Labute approximate surface area is 115 Å². The van der Waals surface area contributed by atoms with E-state index in [1.807, 2.05) is 24.3 Å². The Morgan fingerprint density at radius 1 is 1.37 bits per heavy atom. The Morgan fingerprint density at radius 3 is 2.79 bits per heavy atom. The molecule has 0 aromatic carbocycles. The summed E-state index contributed by atoms with van der Waals surface area (Å²) in [5.74, 6) is 0.402. The molecule has 0 saturated carbocycles. The Bertz CT molecular complexity index is 491. The second-order valence-electron chi connectivity index (χ2n) is 4.97. The standard InChI is InChI=1S/C17H21NO/c1-3-13(2)14-9-11-16(12-10-14)18-17(19)15-7-5-4-6-8-15/h5,7-9,11-12,14H,2-4,6,10H2,1H3,(H,18,19). The highest BCUT2D eigenvalue weighted by molar-refractivity contribution is 5.97. The van der Waals surface area contributed by atoms with Crippen molar-refractivity contribution in [2.75, 3.05) is 0 Å². The largest absolute Gasteiger partial charge is 0.322 e. The summed E-state index contributed by atoms with van der Waals surface area (Å²) in [6, 6.07) is 0. The van der Waals surface area contributed by atoms with Gasteiger partial charge in [0.15, 0.2) is 0 Å². The molecule has 0 aromatic heterocycles. The van der Waals surface area contributed by atoms with Crippen molar-refractivity contribution >= 4 is 5.91 Å². The van der Waals surface area contributed by atoms with E-state index in [1.54, 1.807) is 0 Å². The first-order chi connectivity index (χ1) is 9.20. The van der Waals surface area contributed by atoms with Crippen LogP contribution >= 0.6 is 0 Å². The van der Waals surface area contributed by atoms with Crippen LogP contribution in [0.1, 0.15) is 32.6 Å². The minimum atomic E-state index is -0.0142. The Kier molecular flexibility index (Phi) is 4.56. The quantitative estimate of drug-likeness (QED) is 0.760. The summed E-state index contributed by atoms with van der Waals surface area (Å²) in [6.07, 6.45) is 16.0. The van der Waals surface area contributed by atoms with E-state index in [2.05, 4.69) is 31.0 Å². The van der Waals surface area contributed by atoms with Crippen molar-refractivity contribution in [3.63, 3.8) is 0 Å². The summed E-state index contributed by atoms with van der Waals surface area (Å²) in [5.41, 5.74) is 2.90. The number of hydrogen-bond acceptors (Lipinski definition) is 1. The maximum absolute atomic E-state index is 12.0. The Hall–Kier alpha value is -1.83. The maximum atomic E-state index is 12.0. The molecule has 0 fully saturated rings. The highest BCUT2D eigenvalue weighted by Gasteiger charge is 2.13. The molecule has 0 bridgehead atoms. The maximum Gasteiger partial charge on any atom is 0.255 e. The molecule has 0 spiro atoms. The molecule has 2 rings (SSSR count). The number of amides is 1. The van der Waals surface area contributed by atoms with Gasteiger partial charge in [0.2, 0.25) is 0 Å². The zero-order valence-electron chi connectivity index (χ0n) is 11.5. The molecule has 1 N–H and O–H groups in total. The lowest BCUT2D eigenvalue weighted by Crippen LogP contribution is -2.24. The van der Waals surface area contributed by atoms with E-state index in [1.165, 1.54) is 5.57 Å². The van der Waals surface area contributed by atoms with Crippen molar-refractivity contribution in [1.82, 2.24) is 5.32 Å². The third-order valence-electron chi connectivity index (χ3n) is 3.59. The molecule has 0 radical (unpaired) electrons. The molecule has 1 amide bonds. The molecule has 0 saturated heterocycles. The van der Waals surface area contributed by atoms with Gasteiger partial charge in [-0.2, -0.15) is 0 Å².